The van der Waals surface area contributed by atoms with E-state index in [0.29, 0.717) is 25.1 Å². The molecule has 8 heteroatoms. The average Bonchev–Trinajstić information content (AvgIpc) is 3.12. The molecule has 27 heavy (non-hydrogen) atoms. The van der Waals surface area contributed by atoms with Crippen LogP contribution < -0.4 is 10.6 Å². The molecule has 2 N–H and O–H groups in total. The van der Waals surface area contributed by atoms with Crippen LogP contribution in [0.4, 0.5) is 29.3 Å². The van der Waals surface area contributed by atoms with Crippen LogP contribution >= 0.6 is 0 Å². The van der Waals surface area contributed by atoms with E-state index in [9.17, 15) is 22.8 Å². The number of carbonyl (C=O) groups excluding carboxylic acids is 2. The molecule has 1 fully saturated rings. The Hall–Kier alpha value is -3.03. The number of alkyl halides is 3. The Morgan fingerprint density at radius 1 is 0.963 bits per heavy atom. The zero-order chi connectivity index (χ0) is 19.4. The number of carbonyl (C=O) groups is 2. The number of nitrogens with zero attached hydrogens (tertiary/aromatic N) is 1. The van der Waals surface area contributed by atoms with E-state index in [1.165, 1.54) is 23.1 Å². The second-order valence-electron chi connectivity index (χ2n) is 6.18. The van der Waals surface area contributed by atoms with Crippen molar-refractivity contribution in [2.45, 2.75) is 25.1 Å². The van der Waals surface area contributed by atoms with Crippen molar-refractivity contribution in [3.8, 4) is 0 Å². The normalized spacial score (nSPS) is 16.9. The molecule has 5 nitrogen and oxygen atoms in total. The van der Waals surface area contributed by atoms with Crippen LogP contribution in [0.3, 0.4) is 0 Å². The van der Waals surface area contributed by atoms with E-state index >= 15 is 0 Å². The molecule has 0 aromatic heterocycles. The monoisotopic (exact) mass is 377 g/mol. The summed E-state index contributed by atoms with van der Waals surface area (Å²) in [5.74, 6) is -0.632. The first-order valence-electron chi connectivity index (χ1n) is 8.46. The summed E-state index contributed by atoms with van der Waals surface area (Å²) in [5, 5.41) is 5.02. The second-order valence-corrected chi connectivity index (χ2v) is 6.18. The molecule has 0 unspecified atom stereocenters. The van der Waals surface area contributed by atoms with Crippen molar-refractivity contribution < 1.29 is 22.8 Å². The third-order valence-electron chi connectivity index (χ3n) is 4.33. The molecule has 1 atom stereocenters. The minimum Gasteiger partial charge on any atom is -0.324 e. The molecule has 2 aromatic carbocycles. The average molecular weight is 377 g/mol. The van der Waals surface area contributed by atoms with Crippen molar-refractivity contribution in [3.63, 3.8) is 0 Å². The number of para-hydroxylation sites is 2. The Morgan fingerprint density at radius 3 is 2.33 bits per heavy atom. The fraction of sp³-hybridized carbons (Fsp3) is 0.263. The molecule has 3 amide bonds. The Morgan fingerprint density at radius 2 is 1.63 bits per heavy atom. The first-order chi connectivity index (χ1) is 12.9. The highest BCUT2D eigenvalue weighted by Crippen LogP contribution is 2.35. The number of benzene rings is 2. The minimum atomic E-state index is -4.58. The van der Waals surface area contributed by atoms with Crippen LogP contribution in [0, 0.1) is 0 Å². The fourth-order valence-electron chi connectivity index (χ4n) is 3.05. The Bertz CT molecular complexity index is 824. The summed E-state index contributed by atoms with van der Waals surface area (Å²) < 4.78 is 39.3. The molecule has 3 rings (SSSR count). The standard InChI is InChI=1S/C19H18F3N3O2/c20-19(21,22)14-9-4-5-10-15(14)24-17(26)16-11-6-12-25(16)18(27)23-13-7-2-1-3-8-13/h1-5,7-10,16H,6,11-12H2,(H,23,27)(H,24,26)/t16-/m0/s1. The lowest BCUT2D eigenvalue weighted by atomic mass is 10.1. The maximum Gasteiger partial charge on any atom is 0.418 e. The number of hydrogen-bond acceptors (Lipinski definition) is 2. The molecule has 0 bridgehead atoms. The first-order valence-corrected chi connectivity index (χ1v) is 8.46. The number of rotatable bonds is 3. The molecule has 0 saturated carbocycles. The smallest absolute Gasteiger partial charge is 0.324 e. The van der Waals surface area contributed by atoms with E-state index in [2.05, 4.69) is 10.6 Å². The predicted octanol–water partition coefficient (Wildman–Crippen LogP) is 4.34. The van der Waals surface area contributed by atoms with Crippen molar-refractivity contribution in [2.24, 2.45) is 0 Å². The number of likely N-dealkylation sites (tertiary alicyclic amines) is 1. The van der Waals surface area contributed by atoms with Gasteiger partial charge in [-0.25, -0.2) is 4.79 Å². The first kappa shape index (κ1) is 18.8. The van der Waals surface area contributed by atoms with E-state index < -0.39 is 29.7 Å². The van der Waals surface area contributed by atoms with Crippen LogP contribution in [0.1, 0.15) is 18.4 Å². The van der Waals surface area contributed by atoms with Gasteiger partial charge in [-0.15, -0.1) is 0 Å². The number of urea groups is 1. The summed E-state index contributed by atoms with van der Waals surface area (Å²) in [6, 6.07) is 12.3. The van der Waals surface area contributed by atoms with E-state index in [1.807, 2.05) is 0 Å². The second kappa shape index (κ2) is 7.69. The van der Waals surface area contributed by atoms with Gasteiger partial charge in [0.1, 0.15) is 6.04 Å². The molecule has 1 heterocycles. The molecule has 2 aromatic rings. The van der Waals surface area contributed by atoms with E-state index in [1.54, 1.807) is 30.3 Å². The maximum absolute atomic E-state index is 13.1. The number of amides is 3. The number of hydrogen-bond donors (Lipinski definition) is 2. The highest BCUT2D eigenvalue weighted by Gasteiger charge is 2.37. The third-order valence-corrected chi connectivity index (χ3v) is 4.33. The molecule has 1 aliphatic rings. The molecular weight excluding hydrogens is 359 g/mol. The van der Waals surface area contributed by atoms with Crippen molar-refractivity contribution in [3.05, 3.63) is 60.2 Å². The molecule has 1 saturated heterocycles. The third kappa shape index (κ3) is 4.39. The lowest BCUT2D eigenvalue weighted by molar-refractivity contribution is -0.137. The van der Waals surface area contributed by atoms with Gasteiger partial charge in [-0.2, -0.15) is 13.2 Å². The van der Waals surface area contributed by atoms with Crippen LogP contribution in [-0.4, -0.2) is 29.4 Å². The summed E-state index contributed by atoms with van der Waals surface area (Å²) in [5.41, 5.74) is -0.655. The van der Waals surface area contributed by atoms with Gasteiger partial charge in [-0.3, -0.25) is 4.79 Å². The van der Waals surface area contributed by atoms with Gasteiger partial charge >= 0.3 is 12.2 Å². The molecule has 142 valence electrons. The predicted molar refractivity (Wildman–Crippen MR) is 95.3 cm³/mol. The highest BCUT2D eigenvalue weighted by molar-refractivity contribution is 6.00. The van der Waals surface area contributed by atoms with Gasteiger partial charge < -0.3 is 15.5 Å². The van der Waals surface area contributed by atoms with Crippen LogP contribution in [0.25, 0.3) is 0 Å². The van der Waals surface area contributed by atoms with Crippen molar-refractivity contribution >= 4 is 23.3 Å². The number of halogens is 3. The van der Waals surface area contributed by atoms with Gasteiger partial charge in [0, 0.05) is 12.2 Å². The summed E-state index contributed by atoms with van der Waals surface area (Å²) in [6.07, 6.45) is -3.59. The van der Waals surface area contributed by atoms with Gasteiger partial charge in [-0.1, -0.05) is 30.3 Å². The van der Waals surface area contributed by atoms with Crippen molar-refractivity contribution in [2.75, 3.05) is 17.2 Å². The summed E-state index contributed by atoms with van der Waals surface area (Å²) in [4.78, 5) is 26.4. The lowest BCUT2D eigenvalue weighted by Crippen LogP contribution is -2.45. The SMILES string of the molecule is O=C(Nc1ccccc1C(F)(F)F)[C@@H]1CCCN1C(=O)Nc1ccccc1. The van der Waals surface area contributed by atoms with Crippen LogP contribution in [0.2, 0.25) is 0 Å². The minimum absolute atomic E-state index is 0.315. The van der Waals surface area contributed by atoms with Crippen LogP contribution in [0.15, 0.2) is 54.6 Å². The van der Waals surface area contributed by atoms with Crippen molar-refractivity contribution in [1.29, 1.82) is 0 Å². The van der Waals surface area contributed by atoms with E-state index in [-0.39, 0.29) is 5.69 Å². The topological polar surface area (TPSA) is 61.4 Å². The molecule has 0 aliphatic carbocycles. The van der Waals surface area contributed by atoms with E-state index in [4.69, 9.17) is 0 Å². The Kier molecular flexibility index (Phi) is 5.34. The van der Waals surface area contributed by atoms with Gasteiger partial charge in [-0.05, 0) is 37.1 Å². The summed E-state index contributed by atoms with van der Waals surface area (Å²) in [6.45, 7) is 0.359. The zero-order valence-electron chi connectivity index (χ0n) is 14.3. The fourth-order valence-corrected chi connectivity index (χ4v) is 3.05. The Labute approximate surface area is 154 Å². The Balaban J connectivity index is 1.72. The summed E-state index contributed by atoms with van der Waals surface area (Å²) in [7, 11) is 0. The molecule has 0 spiro atoms. The zero-order valence-corrected chi connectivity index (χ0v) is 14.3. The van der Waals surface area contributed by atoms with Gasteiger partial charge in [0.15, 0.2) is 0 Å². The summed E-state index contributed by atoms with van der Waals surface area (Å²) >= 11 is 0. The molecule has 1 aliphatic heterocycles. The van der Waals surface area contributed by atoms with Gasteiger partial charge in [0.2, 0.25) is 5.91 Å². The molecular formula is C19H18F3N3O2. The molecule has 0 radical (unpaired) electrons. The van der Waals surface area contributed by atoms with Gasteiger partial charge in [0.25, 0.3) is 0 Å². The quantitative estimate of drug-likeness (QED) is 0.836. The van der Waals surface area contributed by atoms with E-state index in [0.717, 1.165) is 6.07 Å². The largest absolute Gasteiger partial charge is 0.418 e. The number of anilines is 2. The van der Waals surface area contributed by atoms with Crippen LogP contribution in [-0.2, 0) is 11.0 Å². The highest BCUT2D eigenvalue weighted by atomic mass is 19.4. The lowest BCUT2D eigenvalue weighted by Gasteiger charge is -2.25. The van der Waals surface area contributed by atoms with Crippen molar-refractivity contribution in [1.82, 2.24) is 4.90 Å². The van der Waals surface area contributed by atoms with Crippen LogP contribution in [0.5, 0.6) is 0 Å². The maximum atomic E-state index is 13.1. The van der Waals surface area contributed by atoms with Gasteiger partial charge in [0.05, 0.1) is 11.3 Å². The number of nitrogens with one attached hydrogen (secondary N) is 2.